The first-order chi connectivity index (χ1) is 6.19. The lowest BCUT2D eigenvalue weighted by Gasteiger charge is -2.44. The standard InChI is InChI=1S/C10H23N3/c1-4-5-13-9(2)7-12(3)8-10(13)6-11/h9-10H,4-8,11H2,1-3H3. The van der Waals surface area contributed by atoms with E-state index in [4.69, 9.17) is 5.73 Å². The molecule has 2 unspecified atom stereocenters. The fourth-order valence-corrected chi connectivity index (χ4v) is 2.33. The fraction of sp³-hybridized carbons (Fsp3) is 1.00. The third-order valence-corrected chi connectivity index (χ3v) is 2.89. The molecular formula is C10H23N3. The molecule has 0 spiro atoms. The summed E-state index contributed by atoms with van der Waals surface area (Å²) in [7, 11) is 2.18. The highest BCUT2D eigenvalue weighted by atomic mass is 15.3. The molecule has 78 valence electrons. The molecule has 0 aromatic rings. The molecule has 0 radical (unpaired) electrons. The van der Waals surface area contributed by atoms with Crippen molar-refractivity contribution >= 4 is 0 Å². The number of piperazine rings is 1. The van der Waals surface area contributed by atoms with E-state index >= 15 is 0 Å². The van der Waals surface area contributed by atoms with Gasteiger partial charge in [-0.15, -0.1) is 0 Å². The molecule has 2 atom stereocenters. The number of rotatable bonds is 3. The molecular weight excluding hydrogens is 162 g/mol. The zero-order valence-corrected chi connectivity index (χ0v) is 9.16. The summed E-state index contributed by atoms with van der Waals surface area (Å²) >= 11 is 0. The smallest absolute Gasteiger partial charge is 0.0348 e. The van der Waals surface area contributed by atoms with Crippen molar-refractivity contribution < 1.29 is 0 Å². The van der Waals surface area contributed by atoms with E-state index in [1.165, 1.54) is 19.5 Å². The Hall–Kier alpha value is -0.120. The van der Waals surface area contributed by atoms with Gasteiger partial charge in [0.1, 0.15) is 0 Å². The predicted molar refractivity (Wildman–Crippen MR) is 56.8 cm³/mol. The van der Waals surface area contributed by atoms with E-state index in [2.05, 4.69) is 30.7 Å². The zero-order chi connectivity index (χ0) is 9.84. The molecule has 1 aliphatic rings. The first kappa shape index (κ1) is 11.0. The number of likely N-dealkylation sites (N-methyl/N-ethyl adjacent to an activating group) is 1. The Labute approximate surface area is 81.9 Å². The average molecular weight is 185 g/mol. The SMILES string of the molecule is CCCN1C(C)CN(C)CC1CN. The summed E-state index contributed by atoms with van der Waals surface area (Å²) in [6.45, 7) is 8.81. The van der Waals surface area contributed by atoms with Crippen molar-refractivity contribution in [2.75, 3.05) is 33.2 Å². The van der Waals surface area contributed by atoms with Crippen LogP contribution in [0.3, 0.4) is 0 Å². The molecule has 0 bridgehead atoms. The van der Waals surface area contributed by atoms with Crippen LogP contribution in [0, 0.1) is 0 Å². The lowest BCUT2D eigenvalue weighted by atomic mass is 10.1. The van der Waals surface area contributed by atoms with Gasteiger partial charge in [0.2, 0.25) is 0 Å². The van der Waals surface area contributed by atoms with Gasteiger partial charge < -0.3 is 10.6 Å². The van der Waals surface area contributed by atoms with Gasteiger partial charge in [-0.05, 0) is 26.9 Å². The van der Waals surface area contributed by atoms with E-state index in [9.17, 15) is 0 Å². The third-order valence-electron chi connectivity index (χ3n) is 2.89. The van der Waals surface area contributed by atoms with E-state index in [-0.39, 0.29) is 0 Å². The Morgan fingerprint density at radius 3 is 2.62 bits per heavy atom. The summed E-state index contributed by atoms with van der Waals surface area (Å²) in [5.41, 5.74) is 5.78. The van der Waals surface area contributed by atoms with Crippen molar-refractivity contribution in [3.63, 3.8) is 0 Å². The van der Waals surface area contributed by atoms with Crippen molar-refractivity contribution in [1.29, 1.82) is 0 Å². The van der Waals surface area contributed by atoms with Crippen LogP contribution in [0.4, 0.5) is 0 Å². The van der Waals surface area contributed by atoms with Crippen molar-refractivity contribution in [1.82, 2.24) is 9.80 Å². The van der Waals surface area contributed by atoms with Crippen LogP contribution < -0.4 is 5.73 Å². The van der Waals surface area contributed by atoms with E-state index < -0.39 is 0 Å². The van der Waals surface area contributed by atoms with Crippen molar-refractivity contribution in [3.05, 3.63) is 0 Å². The van der Waals surface area contributed by atoms with Crippen molar-refractivity contribution in [3.8, 4) is 0 Å². The second kappa shape index (κ2) is 4.94. The minimum atomic E-state index is 0.564. The summed E-state index contributed by atoms with van der Waals surface area (Å²) in [5.74, 6) is 0. The molecule has 2 N–H and O–H groups in total. The molecule has 1 aliphatic heterocycles. The molecule has 0 aliphatic carbocycles. The second-order valence-electron chi connectivity index (χ2n) is 4.20. The molecule has 1 heterocycles. The molecule has 3 heteroatoms. The molecule has 1 rings (SSSR count). The second-order valence-corrected chi connectivity index (χ2v) is 4.20. The Morgan fingerprint density at radius 2 is 2.08 bits per heavy atom. The lowest BCUT2D eigenvalue weighted by Crippen LogP contribution is -2.59. The predicted octanol–water partition coefficient (Wildman–Crippen LogP) is 0.360. The number of hydrogen-bond donors (Lipinski definition) is 1. The quantitative estimate of drug-likeness (QED) is 0.689. The van der Waals surface area contributed by atoms with Crippen LogP contribution in [0.1, 0.15) is 20.3 Å². The van der Waals surface area contributed by atoms with Gasteiger partial charge in [-0.3, -0.25) is 4.90 Å². The third kappa shape index (κ3) is 2.66. The topological polar surface area (TPSA) is 32.5 Å². The first-order valence-electron chi connectivity index (χ1n) is 5.33. The number of nitrogens with zero attached hydrogens (tertiary/aromatic N) is 2. The van der Waals surface area contributed by atoms with Crippen LogP contribution in [0.25, 0.3) is 0 Å². The van der Waals surface area contributed by atoms with Gasteiger partial charge >= 0.3 is 0 Å². The Balaban J connectivity index is 2.55. The van der Waals surface area contributed by atoms with Crippen molar-refractivity contribution in [2.24, 2.45) is 5.73 Å². The fourth-order valence-electron chi connectivity index (χ4n) is 2.33. The average Bonchev–Trinajstić information content (AvgIpc) is 2.09. The highest BCUT2D eigenvalue weighted by Gasteiger charge is 2.28. The van der Waals surface area contributed by atoms with Crippen LogP contribution >= 0.6 is 0 Å². The van der Waals surface area contributed by atoms with Crippen LogP contribution in [-0.4, -0.2) is 55.1 Å². The van der Waals surface area contributed by atoms with Gasteiger partial charge in [0.05, 0.1) is 0 Å². The van der Waals surface area contributed by atoms with E-state index in [1.54, 1.807) is 0 Å². The minimum Gasteiger partial charge on any atom is -0.329 e. The molecule has 1 saturated heterocycles. The molecule has 0 aromatic carbocycles. The van der Waals surface area contributed by atoms with E-state index in [0.717, 1.165) is 13.1 Å². The molecule has 13 heavy (non-hydrogen) atoms. The largest absolute Gasteiger partial charge is 0.329 e. The van der Waals surface area contributed by atoms with Gasteiger partial charge in [0, 0.05) is 31.7 Å². The lowest BCUT2D eigenvalue weighted by molar-refractivity contribution is 0.0478. The van der Waals surface area contributed by atoms with Gasteiger partial charge in [-0.25, -0.2) is 0 Å². The first-order valence-corrected chi connectivity index (χ1v) is 5.33. The molecule has 0 amide bonds. The summed E-state index contributed by atoms with van der Waals surface area (Å²) < 4.78 is 0. The molecule has 0 saturated carbocycles. The summed E-state index contributed by atoms with van der Waals surface area (Å²) in [6, 6.07) is 1.22. The molecule has 1 fully saturated rings. The monoisotopic (exact) mass is 185 g/mol. The van der Waals surface area contributed by atoms with E-state index in [0.29, 0.717) is 12.1 Å². The Kier molecular flexibility index (Phi) is 4.16. The summed E-state index contributed by atoms with van der Waals surface area (Å²) in [6.07, 6.45) is 1.23. The maximum Gasteiger partial charge on any atom is 0.0348 e. The van der Waals surface area contributed by atoms with Gasteiger partial charge in [0.15, 0.2) is 0 Å². The number of nitrogens with two attached hydrogens (primary N) is 1. The van der Waals surface area contributed by atoms with Crippen LogP contribution in [0.2, 0.25) is 0 Å². The number of hydrogen-bond acceptors (Lipinski definition) is 3. The van der Waals surface area contributed by atoms with Crippen LogP contribution in [-0.2, 0) is 0 Å². The van der Waals surface area contributed by atoms with Crippen LogP contribution in [0.15, 0.2) is 0 Å². The zero-order valence-electron chi connectivity index (χ0n) is 9.16. The summed E-state index contributed by atoms with van der Waals surface area (Å²) in [4.78, 5) is 4.94. The minimum absolute atomic E-state index is 0.564. The van der Waals surface area contributed by atoms with Crippen LogP contribution in [0.5, 0.6) is 0 Å². The van der Waals surface area contributed by atoms with Crippen molar-refractivity contribution in [2.45, 2.75) is 32.4 Å². The molecule has 3 nitrogen and oxygen atoms in total. The highest BCUT2D eigenvalue weighted by Crippen LogP contribution is 2.13. The maximum atomic E-state index is 5.78. The van der Waals surface area contributed by atoms with E-state index in [1.807, 2.05) is 0 Å². The van der Waals surface area contributed by atoms with Gasteiger partial charge in [0.25, 0.3) is 0 Å². The molecule has 0 aromatic heterocycles. The summed E-state index contributed by atoms with van der Waals surface area (Å²) in [5, 5.41) is 0. The maximum absolute atomic E-state index is 5.78. The van der Waals surface area contributed by atoms with Gasteiger partial charge in [-0.2, -0.15) is 0 Å². The normalized spacial score (nSPS) is 32.3. The Bertz CT molecular complexity index is 149. The Morgan fingerprint density at radius 1 is 1.38 bits per heavy atom. The highest BCUT2D eigenvalue weighted by molar-refractivity contribution is 4.86. The van der Waals surface area contributed by atoms with Gasteiger partial charge in [-0.1, -0.05) is 6.92 Å².